The van der Waals surface area contributed by atoms with Gasteiger partial charge in [-0.2, -0.15) is 11.8 Å². The van der Waals surface area contributed by atoms with Gasteiger partial charge in [0.25, 0.3) is 0 Å². The SMILES string of the molecule is Clc1ccc(CNC2CCSCC2)s1. The molecular formula is C10H14ClNS2. The van der Waals surface area contributed by atoms with Crippen LogP contribution in [0.25, 0.3) is 0 Å². The minimum atomic E-state index is 0.720. The van der Waals surface area contributed by atoms with Crippen molar-refractivity contribution < 1.29 is 0 Å². The summed E-state index contributed by atoms with van der Waals surface area (Å²) in [5, 5.41) is 3.59. The zero-order valence-corrected chi connectivity index (χ0v) is 10.4. The summed E-state index contributed by atoms with van der Waals surface area (Å²) in [6.07, 6.45) is 2.62. The Kier molecular flexibility index (Phi) is 4.17. The van der Waals surface area contributed by atoms with Gasteiger partial charge < -0.3 is 5.32 Å². The van der Waals surface area contributed by atoms with Gasteiger partial charge in [-0.15, -0.1) is 11.3 Å². The molecule has 0 saturated carbocycles. The predicted molar refractivity (Wildman–Crippen MR) is 66.5 cm³/mol. The smallest absolute Gasteiger partial charge is 0.0931 e. The van der Waals surface area contributed by atoms with Gasteiger partial charge in [0.2, 0.25) is 0 Å². The number of nitrogens with one attached hydrogen (secondary N) is 1. The van der Waals surface area contributed by atoms with Gasteiger partial charge in [-0.05, 0) is 36.5 Å². The molecule has 1 aliphatic rings. The van der Waals surface area contributed by atoms with Crippen LogP contribution in [0.15, 0.2) is 12.1 Å². The van der Waals surface area contributed by atoms with Crippen molar-refractivity contribution in [1.82, 2.24) is 5.32 Å². The van der Waals surface area contributed by atoms with E-state index in [0.717, 1.165) is 16.9 Å². The van der Waals surface area contributed by atoms with E-state index in [9.17, 15) is 0 Å². The Balaban J connectivity index is 1.76. The van der Waals surface area contributed by atoms with E-state index in [4.69, 9.17) is 11.6 Å². The standard InChI is InChI=1S/C10H14ClNS2/c11-10-2-1-9(14-10)7-12-8-3-5-13-6-4-8/h1-2,8,12H,3-7H2. The molecule has 0 amide bonds. The van der Waals surface area contributed by atoms with Gasteiger partial charge in [-0.3, -0.25) is 0 Å². The number of halogens is 1. The highest BCUT2D eigenvalue weighted by atomic mass is 35.5. The maximum atomic E-state index is 5.87. The Labute approximate surface area is 98.2 Å². The van der Waals surface area contributed by atoms with Crippen molar-refractivity contribution in [1.29, 1.82) is 0 Å². The average Bonchev–Trinajstić information content (AvgIpc) is 2.63. The van der Waals surface area contributed by atoms with E-state index in [-0.39, 0.29) is 0 Å². The highest BCUT2D eigenvalue weighted by molar-refractivity contribution is 7.99. The Bertz CT molecular complexity index is 281. The number of hydrogen-bond donors (Lipinski definition) is 1. The lowest BCUT2D eigenvalue weighted by molar-refractivity contribution is 0.484. The molecule has 2 heterocycles. The minimum absolute atomic E-state index is 0.720. The van der Waals surface area contributed by atoms with Crippen molar-refractivity contribution in [3.63, 3.8) is 0 Å². The quantitative estimate of drug-likeness (QED) is 0.879. The molecule has 0 atom stereocenters. The van der Waals surface area contributed by atoms with Crippen molar-refractivity contribution in [3.8, 4) is 0 Å². The third-order valence-corrected chi connectivity index (χ3v) is 4.70. The summed E-state index contributed by atoms with van der Waals surface area (Å²) in [5.41, 5.74) is 0. The topological polar surface area (TPSA) is 12.0 Å². The van der Waals surface area contributed by atoms with E-state index in [1.807, 2.05) is 6.07 Å². The normalized spacial score (nSPS) is 18.6. The molecular weight excluding hydrogens is 234 g/mol. The molecule has 0 unspecified atom stereocenters. The lowest BCUT2D eigenvalue weighted by Gasteiger charge is -2.22. The Morgan fingerprint density at radius 1 is 1.36 bits per heavy atom. The molecule has 1 fully saturated rings. The second-order valence-corrected chi connectivity index (χ2v) is 6.50. The molecule has 1 nitrogen and oxygen atoms in total. The Hall–Kier alpha value is 0.300. The summed E-state index contributed by atoms with van der Waals surface area (Å²) >= 11 is 9.61. The molecule has 0 bridgehead atoms. The molecule has 1 saturated heterocycles. The maximum Gasteiger partial charge on any atom is 0.0931 e. The van der Waals surface area contributed by atoms with Gasteiger partial charge in [0.05, 0.1) is 4.34 Å². The summed E-state index contributed by atoms with van der Waals surface area (Å²) in [7, 11) is 0. The van der Waals surface area contributed by atoms with Crippen molar-refractivity contribution in [3.05, 3.63) is 21.3 Å². The minimum Gasteiger partial charge on any atom is -0.309 e. The first kappa shape index (κ1) is 10.8. The first-order valence-corrected chi connectivity index (χ1v) is 7.25. The van der Waals surface area contributed by atoms with Crippen LogP contribution < -0.4 is 5.32 Å². The van der Waals surface area contributed by atoms with Crippen molar-refractivity contribution in [2.45, 2.75) is 25.4 Å². The van der Waals surface area contributed by atoms with Crippen LogP contribution in [0, 0.1) is 0 Å². The van der Waals surface area contributed by atoms with Crippen molar-refractivity contribution >= 4 is 34.7 Å². The lowest BCUT2D eigenvalue weighted by atomic mass is 10.1. The lowest BCUT2D eigenvalue weighted by Crippen LogP contribution is -2.31. The van der Waals surface area contributed by atoms with E-state index in [2.05, 4.69) is 23.1 Å². The zero-order chi connectivity index (χ0) is 9.80. The monoisotopic (exact) mass is 247 g/mol. The van der Waals surface area contributed by atoms with Crippen LogP contribution in [-0.4, -0.2) is 17.5 Å². The summed E-state index contributed by atoms with van der Waals surface area (Å²) in [4.78, 5) is 1.34. The Morgan fingerprint density at radius 2 is 2.14 bits per heavy atom. The Morgan fingerprint density at radius 3 is 2.79 bits per heavy atom. The molecule has 0 radical (unpaired) electrons. The van der Waals surface area contributed by atoms with E-state index in [1.54, 1.807) is 11.3 Å². The fourth-order valence-electron chi connectivity index (χ4n) is 1.59. The van der Waals surface area contributed by atoms with E-state index >= 15 is 0 Å². The van der Waals surface area contributed by atoms with Crippen LogP contribution >= 0.6 is 34.7 Å². The highest BCUT2D eigenvalue weighted by Gasteiger charge is 2.12. The molecule has 1 N–H and O–H groups in total. The molecule has 1 aliphatic heterocycles. The van der Waals surface area contributed by atoms with Gasteiger partial charge >= 0.3 is 0 Å². The summed E-state index contributed by atoms with van der Waals surface area (Å²) in [6, 6.07) is 4.80. The third-order valence-electron chi connectivity index (χ3n) is 2.42. The number of hydrogen-bond acceptors (Lipinski definition) is 3. The molecule has 2 rings (SSSR count). The zero-order valence-electron chi connectivity index (χ0n) is 7.96. The molecule has 0 spiro atoms. The maximum absolute atomic E-state index is 5.87. The number of rotatable bonds is 3. The summed E-state index contributed by atoms with van der Waals surface area (Å²) in [5.74, 6) is 2.62. The van der Waals surface area contributed by atoms with Crippen molar-refractivity contribution in [2.75, 3.05) is 11.5 Å². The van der Waals surface area contributed by atoms with Gasteiger partial charge in [0.1, 0.15) is 0 Å². The highest BCUT2D eigenvalue weighted by Crippen LogP contribution is 2.22. The first-order valence-electron chi connectivity index (χ1n) is 4.90. The third kappa shape index (κ3) is 3.16. The van der Waals surface area contributed by atoms with Crippen LogP contribution in [-0.2, 0) is 6.54 Å². The van der Waals surface area contributed by atoms with Crippen molar-refractivity contribution in [2.24, 2.45) is 0 Å². The van der Waals surface area contributed by atoms with Gasteiger partial charge in [0, 0.05) is 17.5 Å². The number of thiophene rings is 1. The van der Waals surface area contributed by atoms with Crippen LogP contribution in [0.4, 0.5) is 0 Å². The number of thioether (sulfide) groups is 1. The van der Waals surface area contributed by atoms with Gasteiger partial charge in [-0.25, -0.2) is 0 Å². The van der Waals surface area contributed by atoms with Crippen LogP contribution in [0.5, 0.6) is 0 Å². The predicted octanol–water partition coefficient (Wildman–Crippen LogP) is 3.39. The average molecular weight is 248 g/mol. The molecule has 1 aromatic rings. The fourth-order valence-corrected chi connectivity index (χ4v) is 3.74. The first-order chi connectivity index (χ1) is 6.84. The van der Waals surface area contributed by atoms with Gasteiger partial charge in [0.15, 0.2) is 0 Å². The van der Waals surface area contributed by atoms with E-state index in [1.165, 1.54) is 29.2 Å². The molecule has 78 valence electrons. The molecule has 14 heavy (non-hydrogen) atoms. The van der Waals surface area contributed by atoms with Crippen LogP contribution in [0.3, 0.4) is 0 Å². The second-order valence-electron chi connectivity index (χ2n) is 3.47. The fraction of sp³-hybridized carbons (Fsp3) is 0.600. The summed E-state index contributed by atoms with van der Waals surface area (Å²) < 4.78 is 0.890. The van der Waals surface area contributed by atoms with E-state index in [0.29, 0.717) is 0 Å². The molecule has 4 heteroatoms. The largest absolute Gasteiger partial charge is 0.309 e. The van der Waals surface area contributed by atoms with E-state index < -0.39 is 0 Å². The van der Waals surface area contributed by atoms with Crippen LogP contribution in [0.1, 0.15) is 17.7 Å². The molecule has 1 aromatic heterocycles. The summed E-state index contributed by atoms with van der Waals surface area (Å²) in [6.45, 7) is 0.979. The van der Waals surface area contributed by atoms with Crippen LogP contribution in [0.2, 0.25) is 4.34 Å². The molecule has 0 aliphatic carbocycles. The second kappa shape index (κ2) is 5.40. The van der Waals surface area contributed by atoms with Gasteiger partial charge in [-0.1, -0.05) is 11.6 Å². The molecule has 0 aromatic carbocycles.